The number of amides is 2. The van der Waals surface area contributed by atoms with Crippen molar-refractivity contribution >= 4 is 23.3 Å². The Kier molecular flexibility index (Phi) is 7.32. The van der Waals surface area contributed by atoms with E-state index in [2.05, 4.69) is 20.5 Å². The first-order valence-electron chi connectivity index (χ1n) is 11.3. The minimum Gasteiger partial charge on any atom is -0.353 e. The van der Waals surface area contributed by atoms with Crippen molar-refractivity contribution in [2.24, 2.45) is 0 Å². The first-order chi connectivity index (χ1) is 16.2. The van der Waals surface area contributed by atoms with E-state index < -0.39 is 0 Å². The van der Waals surface area contributed by atoms with E-state index in [-0.39, 0.29) is 11.8 Å². The van der Waals surface area contributed by atoms with Crippen LogP contribution in [0.4, 0.5) is 11.5 Å². The highest BCUT2D eigenvalue weighted by Crippen LogP contribution is 2.24. The summed E-state index contributed by atoms with van der Waals surface area (Å²) in [4.78, 5) is 34.9. The van der Waals surface area contributed by atoms with Crippen LogP contribution in [0.1, 0.15) is 33.2 Å². The van der Waals surface area contributed by atoms with Crippen molar-refractivity contribution in [3.8, 4) is 0 Å². The fraction of sp³-hybridized carbons (Fsp3) is 0.269. The zero-order valence-corrected chi connectivity index (χ0v) is 18.8. The topological polar surface area (TPSA) is 77.6 Å². The second-order valence-corrected chi connectivity index (χ2v) is 7.96. The summed E-state index contributed by atoms with van der Waals surface area (Å²) in [5.74, 6) is 0.325. The van der Waals surface area contributed by atoms with Crippen LogP contribution < -0.4 is 15.5 Å². The van der Waals surface area contributed by atoms with Crippen LogP contribution in [-0.4, -0.2) is 54.4 Å². The van der Waals surface area contributed by atoms with Crippen LogP contribution in [-0.2, 0) is 6.54 Å². The summed E-state index contributed by atoms with van der Waals surface area (Å²) in [6.45, 7) is 6.27. The molecule has 7 nitrogen and oxygen atoms in total. The quantitative estimate of drug-likeness (QED) is 0.585. The number of nitrogens with one attached hydrogen (secondary N) is 2. The van der Waals surface area contributed by atoms with Crippen molar-refractivity contribution < 1.29 is 9.59 Å². The third-order valence-electron chi connectivity index (χ3n) is 5.69. The van der Waals surface area contributed by atoms with Crippen LogP contribution in [0.25, 0.3) is 0 Å². The minimum atomic E-state index is -0.234. The fourth-order valence-corrected chi connectivity index (χ4v) is 3.91. The molecule has 0 bridgehead atoms. The van der Waals surface area contributed by atoms with E-state index in [0.29, 0.717) is 35.7 Å². The fourth-order valence-electron chi connectivity index (χ4n) is 3.91. The SMILES string of the molecule is CCN(Cc1ccccc1)C(=O)c1cc(NC(=O)c2ccccc2)cnc1N1CCNCC1. The summed E-state index contributed by atoms with van der Waals surface area (Å²) in [7, 11) is 0. The first-order valence-corrected chi connectivity index (χ1v) is 11.3. The molecule has 2 amide bonds. The number of piperazine rings is 1. The Morgan fingerprint density at radius 1 is 1.03 bits per heavy atom. The number of hydrogen-bond acceptors (Lipinski definition) is 5. The molecule has 0 aliphatic carbocycles. The molecule has 33 heavy (non-hydrogen) atoms. The van der Waals surface area contributed by atoms with Crippen molar-refractivity contribution in [2.75, 3.05) is 42.9 Å². The van der Waals surface area contributed by atoms with Crippen molar-refractivity contribution in [1.82, 2.24) is 15.2 Å². The Balaban J connectivity index is 1.64. The second kappa shape index (κ2) is 10.7. The zero-order chi connectivity index (χ0) is 23.0. The van der Waals surface area contributed by atoms with Gasteiger partial charge in [-0.25, -0.2) is 4.98 Å². The lowest BCUT2D eigenvalue weighted by atomic mass is 10.1. The molecule has 2 aromatic carbocycles. The molecule has 4 rings (SSSR count). The molecular weight excluding hydrogens is 414 g/mol. The van der Waals surface area contributed by atoms with E-state index in [0.717, 1.165) is 31.7 Å². The number of benzene rings is 2. The van der Waals surface area contributed by atoms with E-state index in [4.69, 9.17) is 0 Å². The Hall–Kier alpha value is -3.71. The molecule has 0 radical (unpaired) electrons. The van der Waals surface area contributed by atoms with E-state index >= 15 is 0 Å². The van der Waals surface area contributed by atoms with Crippen LogP contribution >= 0.6 is 0 Å². The maximum Gasteiger partial charge on any atom is 0.257 e. The van der Waals surface area contributed by atoms with Gasteiger partial charge in [0.2, 0.25) is 0 Å². The molecule has 1 saturated heterocycles. The largest absolute Gasteiger partial charge is 0.353 e. The van der Waals surface area contributed by atoms with Crippen molar-refractivity contribution in [2.45, 2.75) is 13.5 Å². The Bertz CT molecular complexity index is 1080. The molecule has 2 N–H and O–H groups in total. The third kappa shape index (κ3) is 5.56. The molecule has 0 unspecified atom stereocenters. The standard InChI is InChI=1S/C26H29N5O2/c1-2-30(19-20-9-5-3-6-10-20)26(33)23-17-22(29-25(32)21-11-7-4-8-12-21)18-28-24(23)31-15-13-27-14-16-31/h3-12,17-18,27H,2,13-16,19H2,1H3,(H,29,32). The van der Waals surface area contributed by atoms with E-state index in [9.17, 15) is 9.59 Å². The van der Waals surface area contributed by atoms with Gasteiger partial charge in [0.25, 0.3) is 11.8 Å². The minimum absolute atomic E-state index is 0.0989. The molecule has 0 spiro atoms. The normalized spacial score (nSPS) is 13.4. The highest BCUT2D eigenvalue weighted by molar-refractivity contribution is 6.05. The number of nitrogens with zero attached hydrogens (tertiary/aromatic N) is 3. The van der Waals surface area contributed by atoms with Gasteiger partial charge in [0.05, 0.1) is 17.4 Å². The Morgan fingerprint density at radius 3 is 2.36 bits per heavy atom. The Morgan fingerprint density at radius 2 is 1.70 bits per heavy atom. The molecule has 1 aliphatic heterocycles. The van der Waals surface area contributed by atoms with Crippen LogP contribution in [0.5, 0.6) is 0 Å². The van der Waals surface area contributed by atoms with Crippen LogP contribution in [0, 0.1) is 0 Å². The van der Waals surface area contributed by atoms with E-state index in [1.807, 2.05) is 55.5 Å². The van der Waals surface area contributed by atoms with Gasteiger partial charge in [0.15, 0.2) is 0 Å². The first kappa shape index (κ1) is 22.5. The monoisotopic (exact) mass is 443 g/mol. The second-order valence-electron chi connectivity index (χ2n) is 7.96. The van der Waals surface area contributed by atoms with Gasteiger partial charge in [0, 0.05) is 44.8 Å². The van der Waals surface area contributed by atoms with Crippen LogP contribution in [0.15, 0.2) is 72.9 Å². The number of carbonyl (C=O) groups is 2. The van der Waals surface area contributed by atoms with E-state index in [1.165, 1.54) is 0 Å². The van der Waals surface area contributed by atoms with Crippen LogP contribution in [0.2, 0.25) is 0 Å². The highest BCUT2D eigenvalue weighted by atomic mass is 16.2. The summed E-state index contributed by atoms with van der Waals surface area (Å²) in [5, 5.41) is 6.22. The average molecular weight is 444 g/mol. The summed E-state index contributed by atoms with van der Waals surface area (Å²) in [5.41, 5.74) is 2.62. The summed E-state index contributed by atoms with van der Waals surface area (Å²) in [6, 6.07) is 20.7. The summed E-state index contributed by atoms with van der Waals surface area (Å²) in [6.07, 6.45) is 1.63. The van der Waals surface area contributed by atoms with Gasteiger partial charge < -0.3 is 20.4 Å². The van der Waals surface area contributed by atoms with Gasteiger partial charge in [-0.1, -0.05) is 48.5 Å². The lowest BCUT2D eigenvalue weighted by Crippen LogP contribution is -2.45. The van der Waals surface area contributed by atoms with Crippen molar-refractivity contribution in [3.63, 3.8) is 0 Å². The molecule has 7 heteroatoms. The number of rotatable bonds is 7. The van der Waals surface area contributed by atoms with Crippen molar-refractivity contribution in [3.05, 3.63) is 89.6 Å². The molecule has 170 valence electrons. The van der Waals surface area contributed by atoms with Gasteiger partial charge in [-0.2, -0.15) is 0 Å². The average Bonchev–Trinajstić information content (AvgIpc) is 2.88. The molecule has 1 aromatic heterocycles. The molecule has 1 aliphatic rings. The molecular formula is C26H29N5O2. The smallest absolute Gasteiger partial charge is 0.257 e. The lowest BCUT2D eigenvalue weighted by Gasteiger charge is -2.31. The number of aromatic nitrogens is 1. The summed E-state index contributed by atoms with van der Waals surface area (Å²) >= 11 is 0. The summed E-state index contributed by atoms with van der Waals surface area (Å²) < 4.78 is 0. The lowest BCUT2D eigenvalue weighted by molar-refractivity contribution is 0.0752. The number of pyridine rings is 1. The Labute approximate surface area is 194 Å². The molecule has 0 atom stereocenters. The predicted octanol–water partition coefficient (Wildman–Crippen LogP) is 3.41. The number of anilines is 2. The molecule has 1 fully saturated rings. The van der Waals surface area contributed by atoms with Gasteiger partial charge in [-0.15, -0.1) is 0 Å². The maximum atomic E-state index is 13.7. The van der Waals surface area contributed by atoms with Gasteiger partial charge in [0.1, 0.15) is 5.82 Å². The van der Waals surface area contributed by atoms with Crippen LogP contribution in [0.3, 0.4) is 0 Å². The van der Waals surface area contributed by atoms with Gasteiger partial charge in [-0.05, 0) is 30.7 Å². The number of carbonyl (C=O) groups excluding carboxylic acids is 2. The molecule has 3 aromatic rings. The maximum absolute atomic E-state index is 13.7. The van der Waals surface area contributed by atoms with E-state index in [1.54, 1.807) is 29.3 Å². The number of hydrogen-bond donors (Lipinski definition) is 2. The van der Waals surface area contributed by atoms with Gasteiger partial charge >= 0.3 is 0 Å². The molecule has 0 saturated carbocycles. The third-order valence-corrected chi connectivity index (χ3v) is 5.69. The predicted molar refractivity (Wildman–Crippen MR) is 131 cm³/mol. The highest BCUT2D eigenvalue weighted by Gasteiger charge is 2.24. The van der Waals surface area contributed by atoms with Crippen molar-refractivity contribution in [1.29, 1.82) is 0 Å². The van der Waals surface area contributed by atoms with Gasteiger partial charge in [-0.3, -0.25) is 9.59 Å². The zero-order valence-electron chi connectivity index (χ0n) is 18.8. The molecule has 2 heterocycles.